The van der Waals surface area contributed by atoms with Crippen LogP contribution in [0.15, 0.2) is 18.3 Å². The third-order valence-corrected chi connectivity index (χ3v) is 3.60. The van der Waals surface area contributed by atoms with Crippen molar-refractivity contribution in [2.45, 2.75) is 19.4 Å². The Labute approximate surface area is 117 Å². The first-order valence-corrected chi connectivity index (χ1v) is 6.51. The third-order valence-electron chi connectivity index (χ3n) is 3.60. The second-order valence-electron chi connectivity index (χ2n) is 5.32. The summed E-state index contributed by atoms with van der Waals surface area (Å²) in [7, 11) is 0. The predicted octanol–water partition coefficient (Wildman–Crippen LogP) is 1.28. The van der Waals surface area contributed by atoms with Crippen LogP contribution < -0.4 is 0 Å². The number of amides is 1. The van der Waals surface area contributed by atoms with E-state index in [1.807, 2.05) is 18.7 Å². The number of nitriles is 1. The summed E-state index contributed by atoms with van der Waals surface area (Å²) >= 11 is 0. The molecule has 0 aromatic carbocycles. The monoisotopic (exact) mass is 276 g/mol. The van der Waals surface area contributed by atoms with Gasteiger partial charge >= 0.3 is 0 Å². The Hall–Kier alpha value is -2.00. The van der Waals surface area contributed by atoms with E-state index in [4.69, 9.17) is 5.26 Å². The molecule has 106 valence electrons. The third kappa shape index (κ3) is 2.94. The van der Waals surface area contributed by atoms with Crippen molar-refractivity contribution in [1.82, 2.24) is 14.8 Å². The van der Waals surface area contributed by atoms with Crippen molar-refractivity contribution in [3.8, 4) is 6.07 Å². The van der Waals surface area contributed by atoms with E-state index >= 15 is 0 Å². The van der Waals surface area contributed by atoms with Crippen molar-refractivity contribution in [3.63, 3.8) is 0 Å². The molecule has 1 aliphatic heterocycles. The van der Waals surface area contributed by atoms with Crippen molar-refractivity contribution < 1.29 is 9.18 Å². The molecule has 1 aliphatic rings. The highest BCUT2D eigenvalue weighted by Gasteiger charge is 2.31. The molecule has 0 unspecified atom stereocenters. The van der Waals surface area contributed by atoms with Gasteiger partial charge in [-0.15, -0.1) is 0 Å². The molecular weight excluding hydrogens is 259 g/mol. The minimum atomic E-state index is -0.653. The Kier molecular flexibility index (Phi) is 4.00. The molecule has 1 fully saturated rings. The Balaban J connectivity index is 2.01. The lowest BCUT2D eigenvalue weighted by Crippen LogP contribution is -2.55. The highest BCUT2D eigenvalue weighted by Crippen LogP contribution is 2.17. The molecule has 6 heteroatoms. The number of hydrogen-bond acceptors (Lipinski definition) is 4. The van der Waals surface area contributed by atoms with Crippen LogP contribution in [-0.2, 0) is 0 Å². The summed E-state index contributed by atoms with van der Waals surface area (Å²) in [6.45, 7) is 6.08. The van der Waals surface area contributed by atoms with Gasteiger partial charge in [0.1, 0.15) is 5.54 Å². The van der Waals surface area contributed by atoms with E-state index in [9.17, 15) is 9.18 Å². The highest BCUT2D eigenvalue weighted by molar-refractivity contribution is 5.94. The molecule has 1 aromatic heterocycles. The molecule has 1 saturated heterocycles. The fraction of sp³-hybridized carbons (Fsp3) is 0.500. The van der Waals surface area contributed by atoms with Gasteiger partial charge in [0.25, 0.3) is 5.91 Å². The molecular formula is C14H17FN4O. The van der Waals surface area contributed by atoms with Gasteiger partial charge in [0.15, 0.2) is 0 Å². The average molecular weight is 276 g/mol. The molecule has 0 radical (unpaired) electrons. The molecule has 2 heterocycles. The number of pyridine rings is 1. The largest absolute Gasteiger partial charge is 0.336 e. The van der Waals surface area contributed by atoms with Crippen LogP contribution >= 0.6 is 0 Å². The molecule has 0 bridgehead atoms. The first kappa shape index (κ1) is 14.4. The van der Waals surface area contributed by atoms with Gasteiger partial charge in [-0.25, -0.2) is 4.98 Å². The molecule has 0 N–H and O–H groups in total. The lowest BCUT2D eigenvalue weighted by Gasteiger charge is -2.40. The Morgan fingerprint density at radius 1 is 1.40 bits per heavy atom. The number of piperazine rings is 1. The van der Waals surface area contributed by atoms with Crippen molar-refractivity contribution in [3.05, 3.63) is 29.8 Å². The molecule has 1 amide bonds. The van der Waals surface area contributed by atoms with E-state index in [1.54, 1.807) is 4.90 Å². The number of nitrogens with zero attached hydrogens (tertiary/aromatic N) is 4. The minimum absolute atomic E-state index is 0.194. The zero-order valence-electron chi connectivity index (χ0n) is 11.6. The van der Waals surface area contributed by atoms with E-state index in [0.29, 0.717) is 31.7 Å². The van der Waals surface area contributed by atoms with Crippen molar-refractivity contribution >= 4 is 5.91 Å². The van der Waals surface area contributed by atoms with Crippen LogP contribution in [0.4, 0.5) is 4.39 Å². The smallest absolute Gasteiger partial charge is 0.254 e. The van der Waals surface area contributed by atoms with E-state index in [-0.39, 0.29) is 5.91 Å². The lowest BCUT2D eigenvalue weighted by atomic mass is 10.0. The van der Waals surface area contributed by atoms with Gasteiger partial charge in [0.2, 0.25) is 5.95 Å². The standard InChI is InChI=1S/C14H17FN4O/c1-14(2,10-16)19-7-5-18(6-8-19)13(20)11-3-4-17-12(15)9-11/h3-4,9H,5-8H2,1-2H3. The van der Waals surface area contributed by atoms with Crippen LogP contribution in [0.1, 0.15) is 24.2 Å². The van der Waals surface area contributed by atoms with Gasteiger partial charge in [-0.2, -0.15) is 9.65 Å². The number of carbonyl (C=O) groups excluding carboxylic acids is 1. The van der Waals surface area contributed by atoms with Gasteiger partial charge < -0.3 is 4.90 Å². The van der Waals surface area contributed by atoms with Gasteiger partial charge in [-0.1, -0.05) is 0 Å². The summed E-state index contributed by atoms with van der Waals surface area (Å²) in [6, 6.07) is 4.92. The van der Waals surface area contributed by atoms with Crippen molar-refractivity contribution in [2.75, 3.05) is 26.2 Å². The molecule has 0 spiro atoms. The summed E-state index contributed by atoms with van der Waals surface area (Å²) in [4.78, 5) is 19.4. The first-order chi connectivity index (χ1) is 9.44. The van der Waals surface area contributed by atoms with E-state index in [0.717, 1.165) is 6.07 Å². The minimum Gasteiger partial charge on any atom is -0.336 e. The van der Waals surface area contributed by atoms with Crippen LogP contribution in [0.25, 0.3) is 0 Å². The van der Waals surface area contributed by atoms with Crippen LogP contribution in [0.3, 0.4) is 0 Å². The zero-order chi connectivity index (χ0) is 14.8. The summed E-state index contributed by atoms with van der Waals surface area (Å²) in [5.74, 6) is -0.846. The Morgan fingerprint density at radius 3 is 2.60 bits per heavy atom. The summed E-state index contributed by atoms with van der Waals surface area (Å²) in [5.41, 5.74) is -0.219. The zero-order valence-corrected chi connectivity index (χ0v) is 11.6. The SMILES string of the molecule is CC(C)(C#N)N1CCN(C(=O)c2ccnc(F)c2)CC1. The maximum atomic E-state index is 13.0. The summed E-state index contributed by atoms with van der Waals surface area (Å²) < 4.78 is 13.0. The van der Waals surface area contributed by atoms with Gasteiger partial charge in [0, 0.05) is 44.0 Å². The number of aromatic nitrogens is 1. The fourth-order valence-electron chi connectivity index (χ4n) is 2.26. The van der Waals surface area contributed by atoms with Crippen LogP contribution in [0.5, 0.6) is 0 Å². The molecule has 2 rings (SSSR count). The summed E-state index contributed by atoms with van der Waals surface area (Å²) in [5, 5.41) is 9.11. The molecule has 0 aliphatic carbocycles. The van der Waals surface area contributed by atoms with Crippen molar-refractivity contribution in [1.29, 1.82) is 5.26 Å². The quantitative estimate of drug-likeness (QED) is 0.763. The Bertz CT molecular complexity index is 544. The lowest BCUT2D eigenvalue weighted by molar-refractivity contribution is 0.0520. The maximum absolute atomic E-state index is 13.0. The van der Waals surface area contributed by atoms with Crippen LogP contribution in [0, 0.1) is 17.3 Å². The second-order valence-corrected chi connectivity index (χ2v) is 5.32. The molecule has 0 atom stereocenters. The van der Waals surface area contributed by atoms with E-state index in [1.165, 1.54) is 12.3 Å². The van der Waals surface area contributed by atoms with E-state index < -0.39 is 11.5 Å². The van der Waals surface area contributed by atoms with Gasteiger partial charge in [-0.3, -0.25) is 9.69 Å². The fourth-order valence-corrected chi connectivity index (χ4v) is 2.26. The number of rotatable bonds is 2. The molecule has 0 saturated carbocycles. The second kappa shape index (κ2) is 5.55. The normalized spacial score (nSPS) is 16.8. The molecule has 5 nitrogen and oxygen atoms in total. The first-order valence-electron chi connectivity index (χ1n) is 6.51. The number of carbonyl (C=O) groups is 1. The highest BCUT2D eigenvalue weighted by atomic mass is 19.1. The van der Waals surface area contributed by atoms with Crippen LogP contribution in [0.2, 0.25) is 0 Å². The maximum Gasteiger partial charge on any atom is 0.254 e. The topological polar surface area (TPSA) is 60.2 Å². The number of hydrogen-bond donors (Lipinski definition) is 0. The van der Waals surface area contributed by atoms with Crippen molar-refractivity contribution in [2.24, 2.45) is 0 Å². The molecule has 20 heavy (non-hydrogen) atoms. The number of halogens is 1. The van der Waals surface area contributed by atoms with Gasteiger partial charge in [0.05, 0.1) is 6.07 Å². The average Bonchev–Trinajstić information content (AvgIpc) is 2.46. The van der Waals surface area contributed by atoms with E-state index in [2.05, 4.69) is 11.1 Å². The molecule has 1 aromatic rings. The Morgan fingerprint density at radius 2 is 2.05 bits per heavy atom. The predicted molar refractivity (Wildman–Crippen MR) is 71.4 cm³/mol. The summed E-state index contributed by atoms with van der Waals surface area (Å²) in [6.07, 6.45) is 1.29. The van der Waals surface area contributed by atoms with Gasteiger partial charge in [-0.05, 0) is 19.9 Å². The van der Waals surface area contributed by atoms with Crippen LogP contribution in [-0.4, -0.2) is 52.4 Å².